The quantitative estimate of drug-likeness (QED) is 0.862. The number of nitrogens with zero attached hydrogens (tertiary/aromatic N) is 1. The molecule has 2 nitrogen and oxygen atoms in total. The number of rotatable bonds is 6. The van der Waals surface area contributed by atoms with Crippen LogP contribution in [0.4, 0.5) is 8.78 Å². The lowest BCUT2D eigenvalue weighted by Crippen LogP contribution is -2.38. The van der Waals surface area contributed by atoms with Gasteiger partial charge in [0.1, 0.15) is 11.6 Å². The Morgan fingerprint density at radius 1 is 1.15 bits per heavy atom. The van der Waals surface area contributed by atoms with E-state index in [0.29, 0.717) is 18.2 Å². The first kappa shape index (κ1) is 14.0. The van der Waals surface area contributed by atoms with Crippen molar-refractivity contribution in [3.63, 3.8) is 0 Å². The van der Waals surface area contributed by atoms with Crippen molar-refractivity contribution >= 4 is 0 Å². The molecule has 3 rings (SSSR count). The van der Waals surface area contributed by atoms with Crippen molar-refractivity contribution in [2.45, 2.75) is 38.3 Å². The van der Waals surface area contributed by atoms with Crippen LogP contribution in [0.2, 0.25) is 0 Å². The highest BCUT2D eigenvalue weighted by Gasteiger charge is 2.27. The Kier molecular flexibility index (Phi) is 4.32. The molecule has 1 unspecified atom stereocenters. The van der Waals surface area contributed by atoms with Gasteiger partial charge in [-0.1, -0.05) is 0 Å². The second-order valence-corrected chi connectivity index (χ2v) is 6.17. The molecular weight excluding hydrogens is 258 g/mol. The Balaban J connectivity index is 1.65. The first-order chi connectivity index (χ1) is 9.70. The minimum absolute atomic E-state index is 0.299. The molecule has 20 heavy (non-hydrogen) atoms. The maximum absolute atomic E-state index is 13.8. The molecule has 0 radical (unpaired) electrons. The summed E-state index contributed by atoms with van der Waals surface area (Å²) in [7, 11) is 0. The normalized spacial score (nSPS) is 22.6. The van der Waals surface area contributed by atoms with E-state index in [-0.39, 0.29) is 11.6 Å². The third-order valence-corrected chi connectivity index (χ3v) is 4.26. The molecule has 1 aromatic rings. The lowest BCUT2D eigenvalue weighted by atomic mass is 10.1. The molecule has 0 bridgehead atoms. The van der Waals surface area contributed by atoms with Gasteiger partial charge in [0.05, 0.1) is 0 Å². The van der Waals surface area contributed by atoms with Gasteiger partial charge in [-0.3, -0.25) is 4.90 Å². The maximum Gasteiger partial charge on any atom is 0.127 e. The summed E-state index contributed by atoms with van der Waals surface area (Å²) in [6, 6.07) is 4.25. The van der Waals surface area contributed by atoms with Gasteiger partial charge in [-0.05, 0) is 56.3 Å². The van der Waals surface area contributed by atoms with Crippen LogP contribution in [0, 0.1) is 17.6 Å². The van der Waals surface area contributed by atoms with Gasteiger partial charge in [0, 0.05) is 31.2 Å². The van der Waals surface area contributed by atoms with E-state index in [1.165, 1.54) is 43.9 Å². The fourth-order valence-electron chi connectivity index (χ4n) is 3.00. The Labute approximate surface area is 119 Å². The van der Waals surface area contributed by atoms with E-state index in [0.717, 1.165) is 25.6 Å². The number of hydrogen-bond acceptors (Lipinski definition) is 2. The minimum atomic E-state index is -0.355. The molecule has 1 saturated heterocycles. The molecule has 0 aromatic heterocycles. The van der Waals surface area contributed by atoms with Gasteiger partial charge in [0.15, 0.2) is 0 Å². The van der Waals surface area contributed by atoms with Crippen molar-refractivity contribution in [3.8, 4) is 0 Å². The summed E-state index contributed by atoms with van der Waals surface area (Å²) >= 11 is 0. The molecule has 1 aromatic carbocycles. The van der Waals surface area contributed by atoms with Crippen molar-refractivity contribution in [1.82, 2.24) is 10.2 Å². The fourth-order valence-corrected chi connectivity index (χ4v) is 3.00. The van der Waals surface area contributed by atoms with Crippen molar-refractivity contribution in [1.29, 1.82) is 0 Å². The average Bonchev–Trinajstić information content (AvgIpc) is 3.08. The van der Waals surface area contributed by atoms with Crippen LogP contribution in [0.5, 0.6) is 0 Å². The van der Waals surface area contributed by atoms with Crippen molar-refractivity contribution < 1.29 is 8.78 Å². The molecule has 1 aliphatic heterocycles. The third-order valence-electron chi connectivity index (χ3n) is 4.26. The van der Waals surface area contributed by atoms with Crippen LogP contribution < -0.4 is 5.32 Å². The average molecular weight is 280 g/mol. The topological polar surface area (TPSA) is 15.3 Å². The van der Waals surface area contributed by atoms with Gasteiger partial charge in [0.2, 0.25) is 0 Å². The number of benzene rings is 1. The second-order valence-electron chi connectivity index (χ2n) is 6.17. The van der Waals surface area contributed by atoms with Gasteiger partial charge >= 0.3 is 0 Å². The molecule has 1 N–H and O–H groups in total. The monoisotopic (exact) mass is 280 g/mol. The van der Waals surface area contributed by atoms with E-state index in [2.05, 4.69) is 10.2 Å². The summed E-state index contributed by atoms with van der Waals surface area (Å²) in [6.45, 7) is 3.54. The summed E-state index contributed by atoms with van der Waals surface area (Å²) in [5, 5.41) is 3.48. The van der Waals surface area contributed by atoms with Crippen LogP contribution in [0.25, 0.3) is 0 Å². The highest BCUT2D eigenvalue weighted by Crippen LogP contribution is 2.30. The zero-order valence-corrected chi connectivity index (χ0v) is 11.7. The molecule has 1 aliphatic carbocycles. The molecule has 4 heteroatoms. The van der Waals surface area contributed by atoms with Gasteiger partial charge in [-0.15, -0.1) is 0 Å². The summed E-state index contributed by atoms with van der Waals surface area (Å²) < 4.78 is 27.1. The SMILES string of the molecule is Fc1ccc(F)c(CN(CC2CC2)CC2CCCN2)c1. The zero-order chi connectivity index (χ0) is 13.9. The summed E-state index contributed by atoms with van der Waals surface area (Å²) in [5.74, 6) is 0.103. The highest BCUT2D eigenvalue weighted by atomic mass is 19.1. The molecule has 0 amide bonds. The van der Waals surface area contributed by atoms with Crippen molar-refractivity contribution in [2.75, 3.05) is 19.6 Å². The molecule has 1 atom stereocenters. The third kappa shape index (κ3) is 3.76. The molecule has 1 saturated carbocycles. The van der Waals surface area contributed by atoms with Crippen LogP contribution in [0.1, 0.15) is 31.2 Å². The lowest BCUT2D eigenvalue weighted by molar-refractivity contribution is 0.228. The molecule has 110 valence electrons. The molecule has 0 spiro atoms. The molecule has 2 fully saturated rings. The van der Waals surface area contributed by atoms with Gasteiger partial charge in [-0.2, -0.15) is 0 Å². The molecule has 1 heterocycles. The number of halogens is 2. The Morgan fingerprint density at radius 2 is 2.00 bits per heavy atom. The Hall–Kier alpha value is -1.00. The van der Waals surface area contributed by atoms with E-state index in [1.54, 1.807) is 0 Å². The second kappa shape index (κ2) is 6.19. The largest absolute Gasteiger partial charge is 0.313 e. The first-order valence-electron chi connectivity index (χ1n) is 7.60. The highest BCUT2D eigenvalue weighted by molar-refractivity contribution is 5.18. The Bertz CT molecular complexity index is 454. The summed E-state index contributed by atoms with van der Waals surface area (Å²) in [6.07, 6.45) is 4.96. The maximum atomic E-state index is 13.8. The van der Waals surface area contributed by atoms with Crippen LogP contribution >= 0.6 is 0 Å². The molecule has 2 aliphatic rings. The lowest BCUT2D eigenvalue weighted by Gasteiger charge is -2.26. The number of hydrogen-bond donors (Lipinski definition) is 1. The summed E-state index contributed by atoms with van der Waals surface area (Å²) in [4.78, 5) is 2.29. The zero-order valence-electron chi connectivity index (χ0n) is 11.7. The van der Waals surface area contributed by atoms with Crippen LogP contribution in [0.15, 0.2) is 18.2 Å². The van der Waals surface area contributed by atoms with E-state index in [1.807, 2.05) is 0 Å². The Morgan fingerprint density at radius 3 is 2.70 bits per heavy atom. The van der Waals surface area contributed by atoms with Gasteiger partial charge < -0.3 is 5.32 Å². The van der Waals surface area contributed by atoms with E-state index < -0.39 is 0 Å². The molecular formula is C16H22F2N2. The van der Waals surface area contributed by atoms with Crippen molar-refractivity contribution in [2.24, 2.45) is 5.92 Å². The van der Waals surface area contributed by atoms with E-state index in [9.17, 15) is 8.78 Å². The van der Waals surface area contributed by atoms with Gasteiger partial charge in [-0.25, -0.2) is 8.78 Å². The van der Waals surface area contributed by atoms with Crippen LogP contribution in [-0.2, 0) is 6.54 Å². The standard InChI is InChI=1S/C16H22F2N2/c17-14-5-6-16(18)13(8-14)10-20(9-12-3-4-12)11-15-2-1-7-19-15/h5-6,8,12,15,19H,1-4,7,9-11H2. The number of nitrogens with one attached hydrogen (secondary N) is 1. The minimum Gasteiger partial charge on any atom is -0.313 e. The smallest absolute Gasteiger partial charge is 0.127 e. The van der Waals surface area contributed by atoms with Crippen LogP contribution in [-0.4, -0.2) is 30.6 Å². The van der Waals surface area contributed by atoms with Crippen molar-refractivity contribution in [3.05, 3.63) is 35.4 Å². The van der Waals surface area contributed by atoms with E-state index >= 15 is 0 Å². The predicted octanol–water partition coefficient (Wildman–Crippen LogP) is 2.93. The summed E-state index contributed by atoms with van der Waals surface area (Å²) in [5.41, 5.74) is 0.476. The van der Waals surface area contributed by atoms with Crippen LogP contribution in [0.3, 0.4) is 0 Å². The van der Waals surface area contributed by atoms with Gasteiger partial charge in [0.25, 0.3) is 0 Å². The fraction of sp³-hybridized carbons (Fsp3) is 0.625. The predicted molar refractivity (Wildman–Crippen MR) is 75.4 cm³/mol. The first-order valence-corrected chi connectivity index (χ1v) is 7.60. The van der Waals surface area contributed by atoms with E-state index in [4.69, 9.17) is 0 Å².